The Morgan fingerprint density at radius 3 is 2.75 bits per heavy atom. The van der Waals surface area contributed by atoms with Crippen molar-refractivity contribution in [3.05, 3.63) is 9.47 Å². The van der Waals surface area contributed by atoms with E-state index in [4.69, 9.17) is 11.6 Å². The molecule has 1 amide bonds. The summed E-state index contributed by atoms with van der Waals surface area (Å²) in [4.78, 5) is 13.7. The van der Waals surface area contributed by atoms with Crippen LogP contribution in [-0.2, 0) is 0 Å². The number of aromatic nitrogens is 2. The Morgan fingerprint density at radius 2 is 2.31 bits per heavy atom. The van der Waals surface area contributed by atoms with Crippen molar-refractivity contribution < 1.29 is 4.79 Å². The number of halogens is 1. The maximum atomic E-state index is 12.0. The molecule has 1 unspecified atom stereocenters. The largest absolute Gasteiger partial charge is 0.336 e. The van der Waals surface area contributed by atoms with Gasteiger partial charge in [-0.3, -0.25) is 4.79 Å². The zero-order chi connectivity index (χ0) is 12.1. The van der Waals surface area contributed by atoms with E-state index in [2.05, 4.69) is 17.1 Å². The van der Waals surface area contributed by atoms with E-state index in [0.29, 0.717) is 9.47 Å². The molecule has 1 aromatic rings. The third kappa shape index (κ3) is 3.33. The van der Waals surface area contributed by atoms with E-state index >= 15 is 0 Å². The van der Waals surface area contributed by atoms with Crippen LogP contribution in [0.5, 0.6) is 0 Å². The highest BCUT2D eigenvalue weighted by molar-refractivity contribution is 7.98. The SMILES string of the molecule is CCC(CSC)N(C)C(=O)c1nnc(Cl)s1. The minimum Gasteiger partial charge on any atom is -0.336 e. The minimum atomic E-state index is -0.106. The maximum Gasteiger partial charge on any atom is 0.284 e. The predicted octanol–water partition coefficient (Wildman–Crippen LogP) is 2.41. The van der Waals surface area contributed by atoms with E-state index in [9.17, 15) is 4.79 Å². The van der Waals surface area contributed by atoms with Crippen LogP contribution in [0.1, 0.15) is 23.1 Å². The van der Waals surface area contributed by atoms with Crippen molar-refractivity contribution in [3.8, 4) is 0 Å². The molecule has 7 heteroatoms. The van der Waals surface area contributed by atoms with Gasteiger partial charge in [-0.05, 0) is 24.3 Å². The van der Waals surface area contributed by atoms with Gasteiger partial charge in [0.1, 0.15) is 0 Å². The van der Waals surface area contributed by atoms with E-state index in [1.165, 1.54) is 0 Å². The van der Waals surface area contributed by atoms with Crippen molar-refractivity contribution in [2.75, 3.05) is 19.1 Å². The van der Waals surface area contributed by atoms with Crippen molar-refractivity contribution in [3.63, 3.8) is 0 Å². The van der Waals surface area contributed by atoms with E-state index in [1.807, 2.05) is 6.26 Å². The number of thioether (sulfide) groups is 1. The Morgan fingerprint density at radius 1 is 1.62 bits per heavy atom. The van der Waals surface area contributed by atoms with Crippen LogP contribution < -0.4 is 0 Å². The van der Waals surface area contributed by atoms with Crippen LogP contribution in [0, 0.1) is 0 Å². The van der Waals surface area contributed by atoms with Crippen LogP contribution in [0.2, 0.25) is 4.47 Å². The molecular weight excluding hydrogens is 266 g/mol. The first-order chi connectivity index (χ1) is 7.60. The Labute approximate surface area is 108 Å². The molecule has 1 aromatic heterocycles. The van der Waals surface area contributed by atoms with Crippen LogP contribution >= 0.6 is 34.7 Å². The minimum absolute atomic E-state index is 0.106. The van der Waals surface area contributed by atoms with E-state index in [1.54, 1.807) is 23.7 Å². The van der Waals surface area contributed by atoms with Gasteiger partial charge in [0.25, 0.3) is 5.91 Å². The molecule has 0 spiro atoms. The van der Waals surface area contributed by atoms with Gasteiger partial charge in [-0.1, -0.05) is 18.3 Å². The molecule has 1 atom stereocenters. The fourth-order valence-corrected chi connectivity index (χ4v) is 2.96. The van der Waals surface area contributed by atoms with E-state index in [0.717, 1.165) is 23.5 Å². The second kappa shape index (κ2) is 6.42. The van der Waals surface area contributed by atoms with E-state index in [-0.39, 0.29) is 11.9 Å². The lowest BCUT2D eigenvalue weighted by Crippen LogP contribution is -2.38. The molecule has 0 aliphatic heterocycles. The number of hydrogen-bond donors (Lipinski definition) is 0. The fourth-order valence-electron chi connectivity index (χ4n) is 1.30. The summed E-state index contributed by atoms with van der Waals surface area (Å²) >= 11 is 8.50. The molecule has 1 rings (SSSR count). The van der Waals surface area contributed by atoms with Crippen LogP contribution in [0.4, 0.5) is 0 Å². The standard InChI is InChI=1S/C9H14ClN3OS2/c1-4-6(5-15-3)13(2)8(14)7-11-12-9(10)16-7/h6H,4-5H2,1-3H3. The van der Waals surface area contributed by atoms with Gasteiger partial charge in [-0.25, -0.2) is 0 Å². The van der Waals surface area contributed by atoms with Crippen molar-refractivity contribution in [2.45, 2.75) is 19.4 Å². The first-order valence-corrected chi connectivity index (χ1v) is 7.44. The molecule has 0 N–H and O–H groups in total. The third-order valence-electron chi connectivity index (χ3n) is 2.28. The summed E-state index contributed by atoms with van der Waals surface area (Å²) in [6.07, 6.45) is 2.96. The monoisotopic (exact) mass is 279 g/mol. The second-order valence-corrected chi connectivity index (χ2v) is 5.76. The Bertz CT molecular complexity index is 358. The lowest BCUT2D eigenvalue weighted by Gasteiger charge is -2.25. The lowest BCUT2D eigenvalue weighted by molar-refractivity contribution is 0.0742. The predicted molar refractivity (Wildman–Crippen MR) is 69.5 cm³/mol. The zero-order valence-corrected chi connectivity index (χ0v) is 11.8. The summed E-state index contributed by atoms with van der Waals surface area (Å²) < 4.78 is 0.301. The molecule has 4 nitrogen and oxygen atoms in total. The van der Waals surface area contributed by atoms with Gasteiger partial charge in [0.2, 0.25) is 9.47 Å². The van der Waals surface area contributed by atoms with Gasteiger partial charge in [0, 0.05) is 18.8 Å². The first-order valence-electron chi connectivity index (χ1n) is 4.85. The molecule has 0 radical (unpaired) electrons. The van der Waals surface area contributed by atoms with Crippen molar-refractivity contribution in [2.24, 2.45) is 0 Å². The molecule has 1 heterocycles. The van der Waals surface area contributed by atoms with Crippen molar-refractivity contribution in [1.82, 2.24) is 15.1 Å². The summed E-state index contributed by atoms with van der Waals surface area (Å²) in [5.74, 6) is 0.816. The number of nitrogens with zero attached hydrogens (tertiary/aromatic N) is 3. The summed E-state index contributed by atoms with van der Waals surface area (Å²) in [5.41, 5.74) is 0. The molecule has 0 saturated heterocycles. The molecular formula is C9H14ClN3OS2. The molecule has 0 aromatic carbocycles. The normalized spacial score (nSPS) is 12.5. The summed E-state index contributed by atoms with van der Waals surface area (Å²) in [5, 5.41) is 7.74. The molecule has 16 heavy (non-hydrogen) atoms. The number of hydrogen-bond acceptors (Lipinski definition) is 5. The summed E-state index contributed by atoms with van der Waals surface area (Å²) in [6, 6.07) is 0.227. The molecule has 0 bridgehead atoms. The number of carbonyl (C=O) groups is 1. The smallest absolute Gasteiger partial charge is 0.284 e. The van der Waals surface area contributed by atoms with Gasteiger partial charge in [-0.2, -0.15) is 11.8 Å². The Balaban J connectivity index is 2.72. The topological polar surface area (TPSA) is 46.1 Å². The van der Waals surface area contributed by atoms with Gasteiger partial charge >= 0.3 is 0 Å². The highest BCUT2D eigenvalue weighted by Gasteiger charge is 2.22. The highest BCUT2D eigenvalue weighted by Crippen LogP contribution is 2.18. The van der Waals surface area contributed by atoms with E-state index < -0.39 is 0 Å². The molecule has 0 fully saturated rings. The fraction of sp³-hybridized carbons (Fsp3) is 0.667. The molecule has 0 saturated carbocycles. The Kier molecular flexibility index (Phi) is 5.51. The first kappa shape index (κ1) is 13.7. The van der Waals surface area contributed by atoms with Crippen molar-refractivity contribution >= 4 is 40.6 Å². The number of amides is 1. The van der Waals surface area contributed by atoms with Crippen molar-refractivity contribution in [1.29, 1.82) is 0 Å². The second-order valence-electron chi connectivity index (χ2n) is 3.29. The number of rotatable bonds is 5. The van der Waals surface area contributed by atoms with Crippen LogP contribution in [-0.4, -0.2) is 46.1 Å². The van der Waals surface area contributed by atoms with Crippen LogP contribution in [0.3, 0.4) is 0 Å². The molecule has 0 aliphatic rings. The lowest BCUT2D eigenvalue weighted by atomic mass is 10.2. The summed E-state index contributed by atoms with van der Waals surface area (Å²) in [6.45, 7) is 2.07. The van der Waals surface area contributed by atoms with Gasteiger partial charge in [0.15, 0.2) is 0 Å². The van der Waals surface area contributed by atoms with Gasteiger partial charge in [-0.15, -0.1) is 10.2 Å². The average Bonchev–Trinajstić information content (AvgIpc) is 2.70. The maximum absolute atomic E-state index is 12.0. The highest BCUT2D eigenvalue weighted by atomic mass is 35.5. The zero-order valence-electron chi connectivity index (χ0n) is 9.44. The molecule has 0 aliphatic carbocycles. The quantitative estimate of drug-likeness (QED) is 0.830. The number of carbonyl (C=O) groups excluding carboxylic acids is 1. The summed E-state index contributed by atoms with van der Waals surface area (Å²) in [7, 11) is 1.79. The Hall–Kier alpha value is -0.330. The van der Waals surface area contributed by atoms with Crippen LogP contribution in [0.25, 0.3) is 0 Å². The molecule has 90 valence electrons. The van der Waals surface area contributed by atoms with Gasteiger partial charge < -0.3 is 4.90 Å². The van der Waals surface area contributed by atoms with Crippen LogP contribution in [0.15, 0.2) is 0 Å². The third-order valence-corrected chi connectivity index (χ3v) is 4.01. The average molecular weight is 280 g/mol. The van der Waals surface area contributed by atoms with Gasteiger partial charge in [0.05, 0.1) is 0 Å².